The van der Waals surface area contributed by atoms with E-state index in [2.05, 4.69) is 0 Å². The molecule has 8 nitrogen and oxygen atoms in total. The second kappa shape index (κ2) is 7.03. The van der Waals surface area contributed by atoms with Crippen molar-refractivity contribution < 1.29 is 39.4 Å². The van der Waals surface area contributed by atoms with Crippen LogP contribution in [0.4, 0.5) is 0 Å². The topological polar surface area (TPSA) is 126 Å². The lowest BCUT2D eigenvalue weighted by molar-refractivity contribution is -0.286. The zero-order valence-corrected chi connectivity index (χ0v) is 11.8. The van der Waals surface area contributed by atoms with Crippen LogP contribution in [-0.4, -0.2) is 70.8 Å². The van der Waals surface area contributed by atoms with Crippen molar-refractivity contribution in [2.45, 2.75) is 30.7 Å². The number of carbonyl (C=O) groups excluding carboxylic acids is 1. The summed E-state index contributed by atoms with van der Waals surface area (Å²) < 4.78 is 14.8. The predicted molar refractivity (Wildman–Crippen MR) is 72.2 cm³/mol. The number of rotatable bonds is 4. The summed E-state index contributed by atoms with van der Waals surface area (Å²) in [6.07, 6.45) is -7.50. The van der Waals surface area contributed by atoms with Crippen molar-refractivity contribution >= 4 is 5.97 Å². The van der Waals surface area contributed by atoms with Gasteiger partial charge in [0.2, 0.25) is 0 Å². The van der Waals surface area contributed by atoms with Crippen LogP contribution in [0.2, 0.25) is 0 Å². The minimum atomic E-state index is -1.66. The number of aliphatic hydroxyl groups excluding tert-OH is 4. The van der Waals surface area contributed by atoms with E-state index in [9.17, 15) is 25.2 Å². The Morgan fingerprint density at radius 1 is 1.09 bits per heavy atom. The molecule has 5 unspecified atom stereocenters. The van der Waals surface area contributed by atoms with Crippen LogP contribution in [0, 0.1) is 0 Å². The molecule has 1 saturated heterocycles. The van der Waals surface area contributed by atoms with Crippen LogP contribution >= 0.6 is 0 Å². The molecule has 5 atom stereocenters. The second-order valence-electron chi connectivity index (χ2n) is 4.86. The van der Waals surface area contributed by atoms with Crippen molar-refractivity contribution in [2.24, 2.45) is 0 Å². The smallest absolute Gasteiger partial charge is 0.338 e. The number of ether oxygens (including phenoxy) is 3. The van der Waals surface area contributed by atoms with Gasteiger partial charge in [0.1, 0.15) is 36.8 Å². The molecule has 4 N–H and O–H groups in total. The third-order valence-electron chi connectivity index (χ3n) is 3.39. The average Bonchev–Trinajstić information content (AvgIpc) is 2.54. The number of hydrogen-bond acceptors (Lipinski definition) is 8. The fourth-order valence-corrected chi connectivity index (χ4v) is 2.04. The molecule has 1 fully saturated rings. The van der Waals surface area contributed by atoms with E-state index in [1.807, 2.05) is 0 Å². The summed E-state index contributed by atoms with van der Waals surface area (Å²) in [5, 5.41) is 38.0. The van der Waals surface area contributed by atoms with Gasteiger partial charge >= 0.3 is 5.97 Å². The Bertz CT molecular complexity index is 502. The van der Waals surface area contributed by atoms with Gasteiger partial charge in [-0.25, -0.2) is 4.79 Å². The van der Waals surface area contributed by atoms with Crippen molar-refractivity contribution in [1.82, 2.24) is 0 Å². The number of benzene rings is 1. The molecule has 1 aromatic rings. The number of aliphatic hydroxyl groups is 4. The molecule has 1 heterocycles. The highest BCUT2D eigenvalue weighted by Gasteiger charge is 2.43. The molecule has 0 aromatic heterocycles. The molecule has 0 bridgehead atoms. The first-order chi connectivity index (χ1) is 10.4. The van der Waals surface area contributed by atoms with E-state index in [-0.39, 0.29) is 12.2 Å². The Labute approximate surface area is 126 Å². The van der Waals surface area contributed by atoms with Crippen molar-refractivity contribution in [1.29, 1.82) is 0 Å². The van der Waals surface area contributed by atoms with Crippen LogP contribution in [0.1, 0.15) is 10.4 Å². The maximum Gasteiger partial charge on any atom is 0.338 e. The molecule has 0 radical (unpaired) electrons. The van der Waals surface area contributed by atoms with Crippen molar-refractivity contribution in [3.05, 3.63) is 29.8 Å². The van der Waals surface area contributed by atoms with Gasteiger partial charge in [0.25, 0.3) is 0 Å². The van der Waals surface area contributed by atoms with Gasteiger partial charge in [0, 0.05) is 0 Å². The first-order valence-corrected chi connectivity index (χ1v) is 6.63. The van der Waals surface area contributed by atoms with Gasteiger partial charge < -0.3 is 34.6 Å². The minimum absolute atomic E-state index is 0.271. The van der Waals surface area contributed by atoms with Crippen molar-refractivity contribution in [3.8, 4) is 5.75 Å². The van der Waals surface area contributed by atoms with Gasteiger partial charge in [-0.15, -0.1) is 0 Å². The van der Waals surface area contributed by atoms with Gasteiger partial charge in [-0.3, -0.25) is 0 Å². The molecule has 8 heteroatoms. The van der Waals surface area contributed by atoms with E-state index in [1.165, 1.54) is 19.2 Å². The summed E-state index contributed by atoms with van der Waals surface area (Å²) in [5.41, 5.74) is 0.271. The van der Waals surface area contributed by atoms with E-state index in [1.54, 1.807) is 12.1 Å². The highest BCUT2D eigenvalue weighted by Crippen LogP contribution is 2.20. The molecule has 0 amide bonds. The van der Waals surface area contributed by atoms with Crippen LogP contribution in [0.3, 0.4) is 0 Å². The summed E-state index contributed by atoms with van der Waals surface area (Å²) in [5.74, 6) is -0.0728. The first kappa shape index (κ1) is 16.7. The van der Waals surface area contributed by atoms with Gasteiger partial charge in [-0.2, -0.15) is 0 Å². The maximum absolute atomic E-state index is 11.8. The summed E-state index contributed by atoms with van der Waals surface area (Å²) in [7, 11) is 1.50. The molecule has 22 heavy (non-hydrogen) atoms. The minimum Gasteiger partial charge on any atom is -0.497 e. The Morgan fingerprint density at radius 3 is 2.32 bits per heavy atom. The fraction of sp³-hybridized carbons (Fsp3) is 0.500. The lowest BCUT2D eigenvalue weighted by atomic mass is 9.99. The molecule has 0 saturated carbocycles. The van der Waals surface area contributed by atoms with Crippen LogP contribution in [0.15, 0.2) is 24.3 Å². The summed E-state index contributed by atoms with van der Waals surface area (Å²) in [4.78, 5) is 11.8. The maximum atomic E-state index is 11.8. The Balaban J connectivity index is 1.92. The number of methoxy groups -OCH3 is 1. The zero-order chi connectivity index (χ0) is 16.3. The third-order valence-corrected chi connectivity index (χ3v) is 3.39. The Hall–Kier alpha value is -1.71. The molecule has 0 spiro atoms. The Kier molecular flexibility index (Phi) is 5.33. The van der Waals surface area contributed by atoms with E-state index < -0.39 is 36.7 Å². The normalized spacial score (nSPS) is 31.6. The van der Waals surface area contributed by atoms with E-state index in [0.717, 1.165) is 0 Å². The van der Waals surface area contributed by atoms with Crippen LogP contribution < -0.4 is 4.74 Å². The SMILES string of the molecule is COc1ccc(C(=O)OCC2OC(O)C(O)C(O)C2O)cc1. The molecule has 0 aliphatic carbocycles. The lowest BCUT2D eigenvalue weighted by Gasteiger charge is -2.37. The standard InChI is InChI=1S/C14H18O8/c1-20-8-4-2-7(3-5-8)13(18)21-6-9-10(15)11(16)12(17)14(19)22-9/h2-5,9-12,14-17,19H,6H2,1H3. The van der Waals surface area contributed by atoms with E-state index >= 15 is 0 Å². The molecule has 1 aliphatic heterocycles. The molecule has 1 aromatic carbocycles. The van der Waals surface area contributed by atoms with E-state index in [0.29, 0.717) is 5.75 Å². The third kappa shape index (κ3) is 3.54. The largest absolute Gasteiger partial charge is 0.497 e. The number of hydrogen-bond donors (Lipinski definition) is 4. The zero-order valence-electron chi connectivity index (χ0n) is 11.8. The van der Waals surface area contributed by atoms with Crippen molar-refractivity contribution in [3.63, 3.8) is 0 Å². The van der Waals surface area contributed by atoms with Crippen molar-refractivity contribution in [2.75, 3.05) is 13.7 Å². The molecule has 1 aliphatic rings. The monoisotopic (exact) mass is 314 g/mol. The molecular weight excluding hydrogens is 296 g/mol. The summed E-state index contributed by atoms with van der Waals surface area (Å²) in [6, 6.07) is 6.19. The highest BCUT2D eigenvalue weighted by atomic mass is 16.6. The van der Waals surface area contributed by atoms with Gasteiger partial charge in [0.15, 0.2) is 6.29 Å². The molecular formula is C14H18O8. The Morgan fingerprint density at radius 2 is 1.73 bits per heavy atom. The van der Waals surface area contributed by atoms with Crippen LogP contribution in [0.25, 0.3) is 0 Å². The van der Waals surface area contributed by atoms with Gasteiger partial charge in [-0.05, 0) is 24.3 Å². The number of carbonyl (C=O) groups is 1. The lowest BCUT2D eigenvalue weighted by Crippen LogP contribution is -2.58. The highest BCUT2D eigenvalue weighted by molar-refractivity contribution is 5.89. The first-order valence-electron chi connectivity index (χ1n) is 6.63. The summed E-state index contributed by atoms with van der Waals surface area (Å²) in [6.45, 7) is -0.382. The average molecular weight is 314 g/mol. The summed E-state index contributed by atoms with van der Waals surface area (Å²) >= 11 is 0. The van der Waals surface area contributed by atoms with Gasteiger partial charge in [0.05, 0.1) is 12.7 Å². The predicted octanol–water partition coefficient (Wildman–Crippen LogP) is -1.35. The number of esters is 1. The quantitative estimate of drug-likeness (QED) is 0.503. The van der Waals surface area contributed by atoms with Gasteiger partial charge in [-0.1, -0.05) is 0 Å². The molecule has 122 valence electrons. The van der Waals surface area contributed by atoms with Crippen LogP contribution in [-0.2, 0) is 9.47 Å². The fourth-order valence-electron chi connectivity index (χ4n) is 2.04. The van der Waals surface area contributed by atoms with E-state index in [4.69, 9.17) is 14.2 Å². The second-order valence-corrected chi connectivity index (χ2v) is 4.86. The molecule has 2 rings (SSSR count). The van der Waals surface area contributed by atoms with Crippen LogP contribution in [0.5, 0.6) is 5.75 Å².